The molecular formula is C21H24N3P. The lowest BCUT2D eigenvalue weighted by Crippen LogP contribution is -2.27. The van der Waals surface area contributed by atoms with Crippen LogP contribution in [-0.4, -0.2) is 0 Å². The molecule has 3 nitrogen and oxygen atoms in total. The number of anilines is 3. The molecule has 0 aromatic heterocycles. The maximum atomic E-state index is 6.47. The molecule has 6 N–H and O–H groups in total. The van der Waals surface area contributed by atoms with Gasteiger partial charge in [0.1, 0.15) is 0 Å². The molecule has 0 aliphatic carbocycles. The highest BCUT2D eigenvalue weighted by atomic mass is 31.1. The van der Waals surface area contributed by atoms with E-state index < -0.39 is 7.92 Å². The molecule has 0 aliphatic rings. The second-order valence-corrected chi connectivity index (χ2v) is 8.47. The first kappa shape index (κ1) is 17.3. The zero-order chi connectivity index (χ0) is 18.1. The summed E-state index contributed by atoms with van der Waals surface area (Å²) in [5.74, 6) is 0. The van der Waals surface area contributed by atoms with Crippen LogP contribution in [0.15, 0.2) is 54.6 Å². The molecule has 3 aromatic rings. The fourth-order valence-corrected chi connectivity index (χ4v) is 5.71. The zero-order valence-electron chi connectivity index (χ0n) is 14.9. The van der Waals surface area contributed by atoms with Crippen molar-refractivity contribution in [1.82, 2.24) is 0 Å². The Bertz CT molecular complexity index is 812. The van der Waals surface area contributed by atoms with Crippen molar-refractivity contribution >= 4 is 40.9 Å². The number of hydrogen-bond acceptors (Lipinski definition) is 3. The van der Waals surface area contributed by atoms with E-state index in [4.69, 9.17) is 17.2 Å². The molecule has 0 amide bonds. The standard InChI is InChI=1S/C21H24N3P/c1-13-7-4-10-16(19(13)22)25(17-11-5-8-14(2)20(17)23)18-12-6-9-15(3)21(18)24/h4-12H,22-24H2,1-3H3. The van der Waals surface area contributed by atoms with Crippen LogP contribution in [0, 0.1) is 20.8 Å². The minimum atomic E-state index is -0.932. The Balaban J connectivity index is 2.35. The Hall–Kier alpha value is -2.51. The molecule has 0 fully saturated rings. The summed E-state index contributed by atoms with van der Waals surface area (Å²) >= 11 is 0. The van der Waals surface area contributed by atoms with Crippen molar-refractivity contribution in [3.05, 3.63) is 71.3 Å². The summed E-state index contributed by atoms with van der Waals surface area (Å²) in [4.78, 5) is 0. The fourth-order valence-electron chi connectivity index (χ4n) is 2.97. The normalized spacial score (nSPS) is 11.0. The third-order valence-corrected chi connectivity index (χ3v) is 7.24. The second-order valence-electron chi connectivity index (χ2n) is 6.36. The molecule has 3 aromatic carbocycles. The molecule has 128 valence electrons. The van der Waals surface area contributed by atoms with Crippen LogP contribution in [0.3, 0.4) is 0 Å². The van der Waals surface area contributed by atoms with Crippen LogP contribution in [0.5, 0.6) is 0 Å². The van der Waals surface area contributed by atoms with Crippen molar-refractivity contribution in [2.45, 2.75) is 20.8 Å². The Kier molecular flexibility index (Phi) is 4.69. The summed E-state index contributed by atoms with van der Waals surface area (Å²) < 4.78 is 0. The number of benzene rings is 3. The van der Waals surface area contributed by atoms with E-state index >= 15 is 0 Å². The summed E-state index contributed by atoms with van der Waals surface area (Å²) in [5.41, 5.74) is 25.1. The molecule has 0 bridgehead atoms. The molecule has 4 heteroatoms. The maximum Gasteiger partial charge on any atom is 0.0428 e. The summed E-state index contributed by atoms with van der Waals surface area (Å²) in [6, 6.07) is 18.5. The molecule has 0 saturated heterocycles. The third-order valence-electron chi connectivity index (χ3n) is 4.63. The van der Waals surface area contributed by atoms with Crippen LogP contribution in [-0.2, 0) is 0 Å². The molecule has 0 radical (unpaired) electrons. The molecule has 0 unspecified atom stereocenters. The average Bonchev–Trinajstić information content (AvgIpc) is 2.59. The van der Waals surface area contributed by atoms with Gasteiger partial charge in [0.05, 0.1) is 0 Å². The molecular weight excluding hydrogens is 325 g/mol. The van der Waals surface area contributed by atoms with Crippen molar-refractivity contribution in [1.29, 1.82) is 0 Å². The van der Waals surface area contributed by atoms with Gasteiger partial charge in [-0.3, -0.25) is 0 Å². The number of nitrogens with two attached hydrogens (primary N) is 3. The van der Waals surface area contributed by atoms with Gasteiger partial charge in [0.2, 0.25) is 0 Å². The number of aryl methyl sites for hydroxylation is 3. The second kappa shape index (κ2) is 6.78. The van der Waals surface area contributed by atoms with Crippen LogP contribution in [0.4, 0.5) is 17.1 Å². The van der Waals surface area contributed by atoms with E-state index in [0.29, 0.717) is 0 Å². The van der Waals surface area contributed by atoms with Crippen molar-refractivity contribution in [2.24, 2.45) is 0 Å². The van der Waals surface area contributed by atoms with Crippen LogP contribution in [0.1, 0.15) is 16.7 Å². The number of hydrogen-bond donors (Lipinski definition) is 3. The first-order chi connectivity index (χ1) is 11.9. The van der Waals surface area contributed by atoms with E-state index in [-0.39, 0.29) is 0 Å². The Morgan fingerprint density at radius 3 is 1.08 bits per heavy atom. The summed E-state index contributed by atoms with van der Waals surface area (Å²) in [7, 11) is -0.932. The van der Waals surface area contributed by atoms with Crippen LogP contribution in [0.25, 0.3) is 0 Å². The quantitative estimate of drug-likeness (QED) is 0.502. The van der Waals surface area contributed by atoms with Gasteiger partial charge in [-0.2, -0.15) is 0 Å². The number of para-hydroxylation sites is 3. The van der Waals surface area contributed by atoms with Gasteiger partial charge in [-0.25, -0.2) is 0 Å². The summed E-state index contributed by atoms with van der Waals surface area (Å²) in [6.45, 7) is 6.10. The molecule has 0 heterocycles. The molecule has 25 heavy (non-hydrogen) atoms. The van der Waals surface area contributed by atoms with E-state index in [1.165, 1.54) is 0 Å². The summed E-state index contributed by atoms with van der Waals surface area (Å²) in [5, 5.41) is 3.30. The van der Waals surface area contributed by atoms with Crippen LogP contribution in [0.2, 0.25) is 0 Å². The van der Waals surface area contributed by atoms with Crippen LogP contribution >= 0.6 is 7.92 Å². The highest BCUT2D eigenvalue weighted by molar-refractivity contribution is 7.80. The van der Waals surface area contributed by atoms with Gasteiger partial charge in [0, 0.05) is 33.0 Å². The van der Waals surface area contributed by atoms with Crippen molar-refractivity contribution in [2.75, 3.05) is 17.2 Å². The largest absolute Gasteiger partial charge is 0.398 e. The van der Waals surface area contributed by atoms with Gasteiger partial charge in [-0.15, -0.1) is 0 Å². The molecule has 0 atom stereocenters. The topological polar surface area (TPSA) is 78.1 Å². The Labute approximate surface area is 150 Å². The third kappa shape index (κ3) is 3.08. The smallest absolute Gasteiger partial charge is 0.0428 e. The van der Waals surface area contributed by atoms with Gasteiger partial charge in [-0.1, -0.05) is 54.6 Å². The van der Waals surface area contributed by atoms with Crippen molar-refractivity contribution < 1.29 is 0 Å². The van der Waals surface area contributed by atoms with Crippen molar-refractivity contribution in [3.63, 3.8) is 0 Å². The van der Waals surface area contributed by atoms with Gasteiger partial charge < -0.3 is 17.2 Å². The van der Waals surface area contributed by atoms with Gasteiger partial charge >= 0.3 is 0 Å². The average molecular weight is 349 g/mol. The lowest BCUT2D eigenvalue weighted by Gasteiger charge is -2.25. The van der Waals surface area contributed by atoms with E-state index in [9.17, 15) is 0 Å². The predicted molar refractivity (Wildman–Crippen MR) is 113 cm³/mol. The lowest BCUT2D eigenvalue weighted by molar-refractivity contribution is 1.48. The molecule has 0 spiro atoms. The lowest BCUT2D eigenvalue weighted by atomic mass is 10.2. The first-order valence-corrected chi connectivity index (χ1v) is 9.61. The van der Waals surface area contributed by atoms with E-state index in [1.807, 2.05) is 57.2 Å². The number of rotatable bonds is 3. The minimum absolute atomic E-state index is 0.815. The van der Waals surface area contributed by atoms with E-state index in [2.05, 4.69) is 18.2 Å². The minimum Gasteiger partial charge on any atom is -0.398 e. The highest BCUT2D eigenvalue weighted by Crippen LogP contribution is 2.40. The van der Waals surface area contributed by atoms with E-state index in [0.717, 1.165) is 49.7 Å². The fraction of sp³-hybridized carbons (Fsp3) is 0.143. The molecule has 0 aliphatic heterocycles. The molecule has 0 saturated carbocycles. The monoisotopic (exact) mass is 349 g/mol. The maximum absolute atomic E-state index is 6.47. The van der Waals surface area contributed by atoms with Gasteiger partial charge in [0.25, 0.3) is 0 Å². The summed E-state index contributed by atoms with van der Waals surface area (Å²) in [6.07, 6.45) is 0. The Morgan fingerprint density at radius 2 is 0.800 bits per heavy atom. The van der Waals surface area contributed by atoms with Crippen molar-refractivity contribution in [3.8, 4) is 0 Å². The zero-order valence-corrected chi connectivity index (χ0v) is 15.8. The molecule has 3 rings (SSSR count). The Morgan fingerprint density at radius 1 is 0.520 bits per heavy atom. The van der Waals surface area contributed by atoms with Gasteiger partial charge in [0.15, 0.2) is 0 Å². The predicted octanol–water partition coefficient (Wildman–Crippen LogP) is 3.12. The van der Waals surface area contributed by atoms with E-state index in [1.54, 1.807) is 0 Å². The van der Waals surface area contributed by atoms with Gasteiger partial charge in [-0.05, 0) is 45.4 Å². The highest BCUT2D eigenvalue weighted by Gasteiger charge is 2.24. The SMILES string of the molecule is Cc1cccc(P(c2cccc(C)c2N)c2cccc(C)c2N)c1N. The van der Waals surface area contributed by atoms with Crippen LogP contribution < -0.4 is 33.1 Å². The number of nitrogen functional groups attached to an aromatic ring is 3. The first-order valence-electron chi connectivity index (χ1n) is 8.27.